The predicted octanol–water partition coefficient (Wildman–Crippen LogP) is 5.13. The van der Waals surface area contributed by atoms with Gasteiger partial charge in [0.1, 0.15) is 0 Å². The second kappa shape index (κ2) is 6.32. The van der Waals surface area contributed by atoms with Crippen LogP contribution < -0.4 is 0 Å². The van der Waals surface area contributed by atoms with Crippen molar-refractivity contribution in [3.05, 3.63) is 47.5 Å². The first-order chi connectivity index (χ1) is 7.83. The Morgan fingerprint density at radius 2 is 1.56 bits per heavy atom. The smallest absolute Gasteiger partial charge is 0.0123 e. The van der Waals surface area contributed by atoms with Crippen LogP contribution in [0, 0.1) is 6.92 Å². The zero-order chi connectivity index (χ0) is 12.0. The highest BCUT2D eigenvalue weighted by Gasteiger charge is 2.01. The first-order valence-electron chi connectivity index (χ1n) is 6.30. The molecule has 0 aliphatic heterocycles. The van der Waals surface area contributed by atoms with Crippen molar-refractivity contribution >= 4 is 10.8 Å². The summed E-state index contributed by atoms with van der Waals surface area (Å²) in [5.41, 5.74) is 2.88. The molecule has 2 aromatic carbocycles. The van der Waals surface area contributed by atoms with Gasteiger partial charge < -0.3 is 0 Å². The van der Waals surface area contributed by atoms with Crippen LogP contribution in [0.4, 0.5) is 0 Å². The molecule has 86 valence electrons. The molecule has 0 spiro atoms. The van der Waals surface area contributed by atoms with Gasteiger partial charge in [-0.1, -0.05) is 63.6 Å². The lowest BCUT2D eigenvalue weighted by Crippen LogP contribution is -1.88. The Kier molecular flexibility index (Phi) is 5.04. The fourth-order valence-electron chi connectivity index (χ4n) is 2.10. The van der Waals surface area contributed by atoms with Crippen LogP contribution >= 0.6 is 0 Å². The second-order valence-corrected chi connectivity index (χ2v) is 3.84. The lowest BCUT2D eigenvalue weighted by Gasteiger charge is -2.07. The standard InChI is InChI=1S/C14H16.C2H6/c1-3-6-12-9-5-10-13-8-4-7-11(2)14(12)13;1-2/h4-5,7-10H,3,6H2,1-2H3;1-2H3. The molecule has 2 rings (SSSR count). The highest BCUT2D eigenvalue weighted by Crippen LogP contribution is 2.23. The maximum absolute atomic E-state index is 2.25. The summed E-state index contributed by atoms with van der Waals surface area (Å²) in [6, 6.07) is 13.1. The third-order valence-electron chi connectivity index (χ3n) is 2.72. The fraction of sp³-hybridized carbons (Fsp3) is 0.375. The number of aryl methyl sites for hydroxylation is 2. The summed E-state index contributed by atoms with van der Waals surface area (Å²) in [6.45, 7) is 8.43. The van der Waals surface area contributed by atoms with E-state index in [2.05, 4.69) is 50.2 Å². The van der Waals surface area contributed by atoms with E-state index in [1.54, 1.807) is 0 Å². The topological polar surface area (TPSA) is 0 Å². The van der Waals surface area contributed by atoms with Crippen LogP contribution in [0.25, 0.3) is 10.8 Å². The van der Waals surface area contributed by atoms with Gasteiger partial charge in [0.15, 0.2) is 0 Å². The first-order valence-corrected chi connectivity index (χ1v) is 6.30. The Bertz CT molecular complexity index is 435. The van der Waals surface area contributed by atoms with Crippen molar-refractivity contribution in [3.8, 4) is 0 Å². The Morgan fingerprint density at radius 1 is 0.938 bits per heavy atom. The Balaban J connectivity index is 0.000000606. The minimum Gasteiger partial charge on any atom is -0.0683 e. The maximum atomic E-state index is 2.25. The minimum absolute atomic E-state index is 1.18. The number of benzene rings is 2. The molecule has 0 atom stereocenters. The van der Waals surface area contributed by atoms with Gasteiger partial charge in [-0.25, -0.2) is 0 Å². The van der Waals surface area contributed by atoms with E-state index >= 15 is 0 Å². The Labute approximate surface area is 99.3 Å². The summed E-state index contributed by atoms with van der Waals surface area (Å²) >= 11 is 0. The quantitative estimate of drug-likeness (QED) is 0.650. The van der Waals surface area contributed by atoms with Crippen molar-refractivity contribution in [2.75, 3.05) is 0 Å². The normalized spacial score (nSPS) is 9.75. The second-order valence-electron chi connectivity index (χ2n) is 3.84. The lowest BCUT2D eigenvalue weighted by atomic mass is 9.97. The van der Waals surface area contributed by atoms with Gasteiger partial charge >= 0.3 is 0 Å². The van der Waals surface area contributed by atoms with E-state index in [9.17, 15) is 0 Å². The summed E-state index contributed by atoms with van der Waals surface area (Å²) < 4.78 is 0. The highest BCUT2D eigenvalue weighted by molar-refractivity contribution is 5.88. The zero-order valence-electron chi connectivity index (χ0n) is 10.9. The molecule has 0 heteroatoms. The largest absolute Gasteiger partial charge is 0.0683 e. The van der Waals surface area contributed by atoms with Crippen molar-refractivity contribution in [2.24, 2.45) is 0 Å². The van der Waals surface area contributed by atoms with Gasteiger partial charge in [-0.15, -0.1) is 0 Å². The lowest BCUT2D eigenvalue weighted by molar-refractivity contribution is 0.929. The van der Waals surface area contributed by atoms with Crippen LogP contribution in [-0.2, 0) is 6.42 Å². The zero-order valence-corrected chi connectivity index (χ0v) is 10.9. The number of fused-ring (bicyclic) bond motifs is 1. The van der Waals surface area contributed by atoms with Gasteiger partial charge in [-0.3, -0.25) is 0 Å². The van der Waals surface area contributed by atoms with Gasteiger partial charge in [0.05, 0.1) is 0 Å². The molecule has 0 heterocycles. The van der Waals surface area contributed by atoms with Crippen LogP contribution in [-0.4, -0.2) is 0 Å². The van der Waals surface area contributed by atoms with Crippen molar-refractivity contribution in [1.29, 1.82) is 0 Å². The molecule has 0 radical (unpaired) electrons. The SMILES string of the molecule is CC.CCCc1cccc2cccc(C)c12. The molecule has 2 aromatic rings. The minimum atomic E-state index is 1.18. The van der Waals surface area contributed by atoms with Gasteiger partial charge in [-0.05, 0) is 35.2 Å². The van der Waals surface area contributed by atoms with E-state index in [0.717, 1.165) is 0 Å². The van der Waals surface area contributed by atoms with Gasteiger partial charge in [-0.2, -0.15) is 0 Å². The summed E-state index contributed by atoms with van der Waals surface area (Å²) in [6.07, 6.45) is 2.40. The van der Waals surface area contributed by atoms with E-state index < -0.39 is 0 Å². The summed E-state index contributed by atoms with van der Waals surface area (Å²) in [4.78, 5) is 0. The third kappa shape index (κ3) is 2.63. The van der Waals surface area contributed by atoms with Crippen molar-refractivity contribution in [3.63, 3.8) is 0 Å². The number of rotatable bonds is 2. The molecule has 0 saturated heterocycles. The molecule has 16 heavy (non-hydrogen) atoms. The summed E-state index contributed by atoms with van der Waals surface area (Å²) in [5, 5.41) is 2.83. The average Bonchev–Trinajstić information content (AvgIpc) is 2.32. The first kappa shape index (κ1) is 12.8. The maximum Gasteiger partial charge on any atom is -0.0123 e. The van der Waals surface area contributed by atoms with Crippen LogP contribution in [0.2, 0.25) is 0 Å². The van der Waals surface area contributed by atoms with E-state index in [0.29, 0.717) is 0 Å². The summed E-state index contributed by atoms with van der Waals surface area (Å²) in [5.74, 6) is 0. The molecule has 0 nitrogen and oxygen atoms in total. The molecule has 0 saturated carbocycles. The van der Waals surface area contributed by atoms with Crippen LogP contribution in [0.5, 0.6) is 0 Å². The molecular formula is C16H22. The van der Waals surface area contributed by atoms with E-state index in [1.807, 2.05) is 13.8 Å². The molecule has 0 aromatic heterocycles. The van der Waals surface area contributed by atoms with Crippen LogP contribution in [0.3, 0.4) is 0 Å². The van der Waals surface area contributed by atoms with E-state index in [-0.39, 0.29) is 0 Å². The van der Waals surface area contributed by atoms with E-state index in [4.69, 9.17) is 0 Å². The fourth-order valence-corrected chi connectivity index (χ4v) is 2.10. The van der Waals surface area contributed by atoms with Gasteiger partial charge in [0, 0.05) is 0 Å². The number of hydrogen-bond acceptors (Lipinski definition) is 0. The molecule has 0 bridgehead atoms. The van der Waals surface area contributed by atoms with Crippen LogP contribution in [0.15, 0.2) is 36.4 Å². The monoisotopic (exact) mass is 214 g/mol. The van der Waals surface area contributed by atoms with E-state index in [1.165, 1.54) is 34.7 Å². The Morgan fingerprint density at radius 3 is 2.19 bits per heavy atom. The van der Waals surface area contributed by atoms with Crippen molar-refractivity contribution in [1.82, 2.24) is 0 Å². The molecule has 0 unspecified atom stereocenters. The van der Waals surface area contributed by atoms with Crippen molar-refractivity contribution in [2.45, 2.75) is 40.5 Å². The van der Waals surface area contributed by atoms with Crippen molar-refractivity contribution < 1.29 is 0 Å². The highest BCUT2D eigenvalue weighted by atomic mass is 14.1. The number of hydrogen-bond donors (Lipinski definition) is 0. The molecule has 0 amide bonds. The summed E-state index contributed by atoms with van der Waals surface area (Å²) in [7, 11) is 0. The van der Waals surface area contributed by atoms with Gasteiger partial charge in [0.2, 0.25) is 0 Å². The van der Waals surface area contributed by atoms with Gasteiger partial charge in [0.25, 0.3) is 0 Å². The average molecular weight is 214 g/mol. The molecule has 0 N–H and O–H groups in total. The predicted molar refractivity (Wildman–Crippen MR) is 74.0 cm³/mol. The molecule has 0 aliphatic carbocycles. The Hall–Kier alpha value is -1.30. The molecule has 0 aliphatic rings. The third-order valence-corrected chi connectivity index (χ3v) is 2.72. The molecular weight excluding hydrogens is 192 g/mol. The molecule has 0 fully saturated rings. The van der Waals surface area contributed by atoms with Crippen LogP contribution in [0.1, 0.15) is 38.3 Å².